The van der Waals surface area contributed by atoms with Crippen LogP contribution in [0.15, 0.2) is 0 Å². The van der Waals surface area contributed by atoms with Crippen molar-refractivity contribution in [3.05, 3.63) is 0 Å². The lowest BCUT2D eigenvalue weighted by atomic mass is 10.00. The van der Waals surface area contributed by atoms with Gasteiger partial charge in [0.1, 0.15) is 0 Å². The third-order valence-electron chi connectivity index (χ3n) is 1.46. The van der Waals surface area contributed by atoms with E-state index in [1.54, 1.807) is 0 Å². The molecule has 50 valence electrons. The first-order valence-electron chi connectivity index (χ1n) is 2.92. The highest BCUT2D eigenvalue weighted by molar-refractivity contribution is 4.53. The molecule has 0 aliphatic rings. The van der Waals surface area contributed by atoms with Crippen LogP contribution in [-0.4, -0.2) is 6.61 Å². The summed E-state index contributed by atoms with van der Waals surface area (Å²) in [7, 11) is 0. The van der Waals surface area contributed by atoms with Crippen LogP contribution < -0.4 is 0 Å². The van der Waals surface area contributed by atoms with Crippen molar-refractivity contribution in [2.75, 3.05) is 6.61 Å². The fourth-order valence-electron chi connectivity index (χ4n) is 0.292. The molecule has 0 saturated carbocycles. The molecule has 1 unspecified atom stereocenters. The van der Waals surface area contributed by atoms with E-state index >= 15 is 0 Å². The largest absolute Gasteiger partial charge is 0.194 e. The second-order valence-electron chi connectivity index (χ2n) is 2.50. The number of halogens is 1. The molecule has 2 heteroatoms. The van der Waals surface area contributed by atoms with Crippen LogP contribution >= 0.6 is 0 Å². The van der Waals surface area contributed by atoms with Gasteiger partial charge in [-0.15, -0.1) is 0 Å². The second kappa shape index (κ2) is 3.84. The zero-order valence-corrected chi connectivity index (χ0v) is 5.65. The van der Waals surface area contributed by atoms with Crippen LogP contribution in [0.25, 0.3) is 0 Å². The van der Waals surface area contributed by atoms with E-state index in [9.17, 15) is 4.53 Å². The summed E-state index contributed by atoms with van der Waals surface area (Å²) in [5.74, 6) is 0.825. The van der Waals surface area contributed by atoms with E-state index in [4.69, 9.17) is 0 Å². The summed E-state index contributed by atoms with van der Waals surface area (Å²) in [6, 6.07) is 0. The lowest BCUT2D eigenvalue weighted by molar-refractivity contribution is -0.147. The molecule has 0 aliphatic heterocycles. The molecule has 0 amide bonds. The smallest absolute Gasteiger partial charge is 0.0904 e. The Morgan fingerprint density at radius 1 is 1.38 bits per heavy atom. The number of hydrogen-bond acceptors (Lipinski definition) is 1. The van der Waals surface area contributed by atoms with Crippen molar-refractivity contribution in [3.8, 4) is 0 Å². The van der Waals surface area contributed by atoms with Crippen molar-refractivity contribution in [2.24, 2.45) is 11.8 Å². The van der Waals surface area contributed by atoms with Crippen LogP contribution in [0.2, 0.25) is 0 Å². The Balaban J connectivity index is 3.17. The third kappa shape index (κ3) is 2.97. The fraction of sp³-hybridized carbons (Fsp3) is 1.00. The summed E-state index contributed by atoms with van der Waals surface area (Å²) in [6.45, 7) is 6.27. The van der Waals surface area contributed by atoms with Gasteiger partial charge in [0.2, 0.25) is 0 Å². The van der Waals surface area contributed by atoms with Crippen LogP contribution in [0.1, 0.15) is 20.8 Å². The maximum Gasteiger partial charge on any atom is 0.0904 e. The summed E-state index contributed by atoms with van der Waals surface area (Å²) in [5, 5.41) is 0. The summed E-state index contributed by atoms with van der Waals surface area (Å²) in [4.78, 5) is 3.46. The van der Waals surface area contributed by atoms with Crippen LogP contribution in [0.4, 0.5) is 4.53 Å². The predicted octanol–water partition coefficient (Wildman–Crippen LogP) is 2.18. The van der Waals surface area contributed by atoms with Crippen molar-refractivity contribution < 1.29 is 9.47 Å². The van der Waals surface area contributed by atoms with Gasteiger partial charge in [-0.3, -0.25) is 0 Å². The summed E-state index contributed by atoms with van der Waals surface area (Å²) in [6.07, 6.45) is 0. The van der Waals surface area contributed by atoms with Gasteiger partial charge in [0.05, 0.1) is 6.61 Å². The van der Waals surface area contributed by atoms with Crippen molar-refractivity contribution in [1.29, 1.82) is 0 Å². The molecular formula is C6H13FO. The average Bonchev–Trinajstić information content (AvgIpc) is 1.67. The molecule has 0 bridgehead atoms. The quantitative estimate of drug-likeness (QED) is 0.554. The van der Waals surface area contributed by atoms with Crippen molar-refractivity contribution in [2.45, 2.75) is 20.8 Å². The van der Waals surface area contributed by atoms with Crippen LogP contribution in [0.3, 0.4) is 0 Å². The zero-order valence-electron chi connectivity index (χ0n) is 5.65. The van der Waals surface area contributed by atoms with E-state index in [-0.39, 0.29) is 6.61 Å². The Morgan fingerprint density at radius 2 is 1.88 bits per heavy atom. The van der Waals surface area contributed by atoms with Gasteiger partial charge in [-0.1, -0.05) is 20.8 Å². The molecule has 0 rings (SSSR count). The van der Waals surface area contributed by atoms with Crippen LogP contribution in [0.5, 0.6) is 0 Å². The van der Waals surface area contributed by atoms with Gasteiger partial charge in [-0.05, 0) is 16.4 Å². The Bertz CT molecular complexity index is 54.5. The molecule has 1 atom stereocenters. The Labute approximate surface area is 49.7 Å². The predicted molar refractivity (Wildman–Crippen MR) is 31.1 cm³/mol. The molecule has 1 nitrogen and oxygen atoms in total. The van der Waals surface area contributed by atoms with E-state index in [1.165, 1.54) is 0 Å². The van der Waals surface area contributed by atoms with Gasteiger partial charge < -0.3 is 0 Å². The lowest BCUT2D eigenvalue weighted by Gasteiger charge is -2.10. The second-order valence-corrected chi connectivity index (χ2v) is 2.50. The highest BCUT2D eigenvalue weighted by atomic mass is 19.3. The first kappa shape index (κ1) is 7.89. The molecule has 0 aromatic heterocycles. The van der Waals surface area contributed by atoms with E-state index in [0.29, 0.717) is 11.8 Å². The third-order valence-corrected chi connectivity index (χ3v) is 1.46. The highest BCUT2D eigenvalue weighted by Gasteiger charge is 2.05. The number of hydrogen-bond donors (Lipinski definition) is 0. The molecule has 0 saturated heterocycles. The van der Waals surface area contributed by atoms with Crippen LogP contribution in [0, 0.1) is 11.8 Å². The van der Waals surface area contributed by atoms with Gasteiger partial charge in [-0.25, -0.2) is 0 Å². The molecule has 0 aromatic rings. The SMILES string of the molecule is CC(C)C(C)COF. The minimum atomic E-state index is 0.220. The molecule has 8 heavy (non-hydrogen) atoms. The van der Waals surface area contributed by atoms with Crippen LogP contribution in [-0.2, 0) is 4.94 Å². The Hall–Kier alpha value is -0.110. The normalized spacial score (nSPS) is 14.6. The first-order chi connectivity index (χ1) is 3.68. The molecule has 0 radical (unpaired) electrons. The molecule has 0 fully saturated rings. The van der Waals surface area contributed by atoms with Crippen molar-refractivity contribution >= 4 is 0 Å². The summed E-state index contributed by atoms with van der Waals surface area (Å²) in [5.41, 5.74) is 0. The Morgan fingerprint density at radius 3 is 2.00 bits per heavy atom. The average molecular weight is 120 g/mol. The standard InChI is InChI=1S/C6H13FO/c1-5(2)6(3)4-8-7/h5-6H,4H2,1-3H3. The van der Waals surface area contributed by atoms with Gasteiger partial charge in [0.15, 0.2) is 0 Å². The maximum absolute atomic E-state index is 11.1. The van der Waals surface area contributed by atoms with Gasteiger partial charge >= 0.3 is 0 Å². The summed E-state index contributed by atoms with van der Waals surface area (Å²) < 4.78 is 11.1. The van der Waals surface area contributed by atoms with Gasteiger partial charge in [-0.2, -0.15) is 4.94 Å². The maximum atomic E-state index is 11.1. The monoisotopic (exact) mass is 120 g/mol. The molecular weight excluding hydrogens is 107 g/mol. The molecule has 0 heterocycles. The molecule has 0 aliphatic carbocycles. The summed E-state index contributed by atoms with van der Waals surface area (Å²) >= 11 is 0. The van der Waals surface area contributed by atoms with Crippen molar-refractivity contribution in [1.82, 2.24) is 0 Å². The van der Waals surface area contributed by atoms with E-state index < -0.39 is 0 Å². The molecule has 0 spiro atoms. The van der Waals surface area contributed by atoms with E-state index in [2.05, 4.69) is 4.94 Å². The minimum Gasteiger partial charge on any atom is -0.194 e. The van der Waals surface area contributed by atoms with E-state index in [0.717, 1.165) is 0 Å². The lowest BCUT2D eigenvalue weighted by Crippen LogP contribution is -2.08. The number of rotatable bonds is 3. The Kier molecular flexibility index (Phi) is 3.79. The minimum absolute atomic E-state index is 0.220. The molecule has 0 N–H and O–H groups in total. The fourth-order valence-corrected chi connectivity index (χ4v) is 0.292. The van der Waals surface area contributed by atoms with Gasteiger partial charge in [0, 0.05) is 0 Å². The van der Waals surface area contributed by atoms with Gasteiger partial charge in [0.25, 0.3) is 0 Å². The zero-order chi connectivity index (χ0) is 6.57. The topological polar surface area (TPSA) is 9.23 Å². The molecule has 0 aromatic carbocycles. The highest BCUT2D eigenvalue weighted by Crippen LogP contribution is 2.08. The van der Waals surface area contributed by atoms with E-state index in [1.807, 2.05) is 20.8 Å². The van der Waals surface area contributed by atoms with Crippen molar-refractivity contribution in [3.63, 3.8) is 0 Å². The first-order valence-corrected chi connectivity index (χ1v) is 2.92.